The Balaban J connectivity index is 2.22. The number of carboxylic acid groups (broad SMARTS) is 1. The Morgan fingerprint density at radius 1 is 1.00 bits per heavy atom. The number of ether oxygens (including phenoxy) is 4. The summed E-state index contributed by atoms with van der Waals surface area (Å²) < 4.78 is 21.3. The van der Waals surface area contributed by atoms with Gasteiger partial charge in [0.25, 0.3) is 0 Å². The van der Waals surface area contributed by atoms with Gasteiger partial charge < -0.3 is 29.8 Å². The molecule has 2 rings (SSSR count). The number of nitrogens with two attached hydrogens (primary N) is 1. The van der Waals surface area contributed by atoms with Crippen molar-refractivity contribution in [1.29, 1.82) is 0 Å². The lowest BCUT2D eigenvalue weighted by atomic mass is 9.87. The van der Waals surface area contributed by atoms with Gasteiger partial charge in [-0.05, 0) is 56.7 Å². The number of rotatable bonds is 11. The van der Waals surface area contributed by atoms with Crippen molar-refractivity contribution >= 4 is 24.1 Å². The van der Waals surface area contributed by atoms with Crippen LogP contribution in [0.3, 0.4) is 0 Å². The van der Waals surface area contributed by atoms with E-state index in [1.165, 1.54) is 12.1 Å². The summed E-state index contributed by atoms with van der Waals surface area (Å²) >= 11 is 0. The van der Waals surface area contributed by atoms with Crippen LogP contribution in [0.2, 0.25) is 0 Å². The van der Waals surface area contributed by atoms with E-state index < -0.39 is 42.1 Å². The average molecular weight is 494 g/mol. The minimum Gasteiger partial charge on any atom is -0.480 e. The Morgan fingerprint density at radius 3 is 2.17 bits per heavy atom. The first-order chi connectivity index (χ1) is 16.6. The van der Waals surface area contributed by atoms with E-state index in [-0.39, 0.29) is 36.9 Å². The zero-order valence-electron chi connectivity index (χ0n) is 20.5. The Hall–Kier alpha value is -3.14. The molecule has 2 unspecified atom stereocenters. The van der Waals surface area contributed by atoms with E-state index in [1.54, 1.807) is 26.8 Å². The first kappa shape index (κ1) is 28.1. The molecule has 1 saturated carbocycles. The Kier molecular flexibility index (Phi) is 11.0. The summed E-state index contributed by atoms with van der Waals surface area (Å²) in [6.07, 6.45) is 3.29. The predicted octanol–water partition coefficient (Wildman–Crippen LogP) is 4.08. The number of hydrogen-bond donors (Lipinski definition) is 2. The third-order valence-corrected chi connectivity index (χ3v) is 5.84. The van der Waals surface area contributed by atoms with Crippen molar-refractivity contribution in [3.63, 3.8) is 0 Å². The second-order valence-corrected chi connectivity index (χ2v) is 8.62. The molecule has 0 amide bonds. The highest BCUT2D eigenvalue weighted by atomic mass is 16.7. The molecule has 1 aliphatic carbocycles. The fraction of sp³-hybridized carbons (Fsp3) is 0.600. The van der Waals surface area contributed by atoms with Gasteiger partial charge in [0, 0.05) is 18.8 Å². The lowest BCUT2D eigenvalue weighted by Crippen LogP contribution is -2.38. The third kappa shape index (κ3) is 8.86. The molecule has 3 N–H and O–H groups in total. The summed E-state index contributed by atoms with van der Waals surface area (Å²) in [6.45, 7) is 4.86. The fourth-order valence-corrected chi connectivity index (χ4v) is 3.89. The van der Waals surface area contributed by atoms with E-state index in [0.29, 0.717) is 5.56 Å². The normalized spacial score (nSPS) is 16.5. The molecule has 1 aromatic carbocycles. The monoisotopic (exact) mass is 493 g/mol. The Morgan fingerprint density at radius 2 is 1.60 bits per heavy atom. The van der Waals surface area contributed by atoms with Crippen molar-refractivity contribution in [3.05, 3.63) is 23.8 Å². The van der Waals surface area contributed by atoms with E-state index in [4.69, 9.17) is 24.7 Å². The van der Waals surface area contributed by atoms with Crippen LogP contribution in [-0.4, -0.2) is 47.4 Å². The standard InChI is InChI=1S/C25H35NO9/c1-4-21(27)34-19-12-11-16(14-20(19)35-22(28)5-2)18(23(26)24(29)30)13-15(3)32-25(31)33-17-9-7-6-8-10-17/h11-12,14-15,17-18,23H,4-10,13,26H2,1-3H3,(H,29,30)/t15?,18?,23-/m0/s1. The highest BCUT2D eigenvalue weighted by Gasteiger charge is 2.30. The second-order valence-electron chi connectivity index (χ2n) is 8.62. The molecule has 0 heterocycles. The molecule has 1 aliphatic rings. The van der Waals surface area contributed by atoms with Gasteiger partial charge in [-0.15, -0.1) is 0 Å². The number of esters is 2. The highest BCUT2D eigenvalue weighted by molar-refractivity contribution is 5.77. The van der Waals surface area contributed by atoms with Crippen molar-refractivity contribution < 1.29 is 43.2 Å². The lowest BCUT2D eigenvalue weighted by molar-refractivity contribution is -0.139. The molecule has 0 spiro atoms. The molecule has 3 atom stereocenters. The van der Waals surface area contributed by atoms with Gasteiger partial charge in [-0.25, -0.2) is 4.79 Å². The van der Waals surface area contributed by atoms with Gasteiger partial charge in [0.05, 0.1) is 0 Å². The molecular weight excluding hydrogens is 458 g/mol. The number of hydrogen-bond acceptors (Lipinski definition) is 9. The van der Waals surface area contributed by atoms with Crippen molar-refractivity contribution in [1.82, 2.24) is 0 Å². The van der Waals surface area contributed by atoms with Crippen LogP contribution in [-0.2, 0) is 23.9 Å². The van der Waals surface area contributed by atoms with E-state index in [0.717, 1.165) is 32.1 Å². The Bertz CT molecular complexity index is 895. The van der Waals surface area contributed by atoms with Crippen LogP contribution in [0.1, 0.15) is 83.6 Å². The third-order valence-electron chi connectivity index (χ3n) is 5.84. The van der Waals surface area contributed by atoms with E-state index >= 15 is 0 Å². The maximum absolute atomic E-state index is 12.2. The van der Waals surface area contributed by atoms with E-state index in [9.17, 15) is 24.3 Å². The van der Waals surface area contributed by atoms with E-state index in [1.807, 2.05) is 0 Å². The molecule has 10 heteroatoms. The number of aliphatic carboxylic acids is 1. The van der Waals surface area contributed by atoms with Gasteiger partial charge >= 0.3 is 24.1 Å². The molecule has 0 radical (unpaired) electrons. The van der Waals surface area contributed by atoms with Gasteiger partial charge in [0.15, 0.2) is 11.5 Å². The second kappa shape index (κ2) is 13.7. The summed E-state index contributed by atoms with van der Waals surface area (Å²) in [5, 5.41) is 9.57. The molecule has 194 valence electrons. The van der Waals surface area contributed by atoms with Crippen LogP contribution >= 0.6 is 0 Å². The number of carbonyl (C=O) groups is 4. The fourth-order valence-electron chi connectivity index (χ4n) is 3.89. The minimum absolute atomic E-state index is 0.0241. The highest BCUT2D eigenvalue weighted by Crippen LogP contribution is 2.35. The molecular formula is C25H35NO9. The lowest BCUT2D eigenvalue weighted by Gasteiger charge is -2.26. The first-order valence-corrected chi connectivity index (χ1v) is 12.0. The van der Waals surface area contributed by atoms with Gasteiger partial charge in [0.2, 0.25) is 0 Å². The quantitative estimate of drug-likeness (QED) is 0.341. The largest absolute Gasteiger partial charge is 0.508 e. The molecule has 0 bridgehead atoms. The summed E-state index contributed by atoms with van der Waals surface area (Å²) in [5.41, 5.74) is 6.40. The molecule has 10 nitrogen and oxygen atoms in total. The van der Waals surface area contributed by atoms with Gasteiger partial charge in [-0.3, -0.25) is 14.4 Å². The summed E-state index contributed by atoms with van der Waals surface area (Å²) in [7, 11) is 0. The number of carboxylic acids is 1. The predicted molar refractivity (Wildman–Crippen MR) is 125 cm³/mol. The van der Waals surface area contributed by atoms with Crippen LogP contribution in [0, 0.1) is 0 Å². The zero-order chi connectivity index (χ0) is 26.0. The van der Waals surface area contributed by atoms with Crippen LogP contribution < -0.4 is 15.2 Å². The first-order valence-electron chi connectivity index (χ1n) is 12.0. The summed E-state index contributed by atoms with van der Waals surface area (Å²) in [5.74, 6) is -3.13. The SMILES string of the molecule is CCC(=O)Oc1ccc(C(CC(C)OC(=O)OC2CCCCC2)[C@H](N)C(=O)O)cc1OC(=O)CC. The summed E-state index contributed by atoms with van der Waals surface area (Å²) in [4.78, 5) is 47.7. The van der Waals surface area contributed by atoms with Crippen molar-refractivity contribution in [2.45, 2.75) is 96.3 Å². The van der Waals surface area contributed by atoms with Crippen molar-refractivity contribution in [2.75, 3.05) is 0 Å². The maximum atomic E-state index is 12.2. The van der Waals surface area contributed by atoms with Crippen molar-refractivity contribution in [3.8, 4) is 11.5 Å². The molecule has 0 aliphatic heterocycles. The maximum Gasteiger partial charge on any atom is 0.508 e. The molecule has 0 saturated heterocycles. The topological polar surface area (TPSA) is 151 Å². The number of carbonyl (C=O) groups excluding carboxylic acids is 3. The smallest absolute Gasteiger partial charge is 0.480 e. The van der Waals surface area contributed by atoms with Crippen LogP contribution in [0.5, 0.6) is 11.5 Å². The minimum atomic E-state index is -1.34. The van der Waals surface area contributed by atoms with Crippen LogP contribution in [0.4, 0.5) is 4.79 Å². The zero-order valence-corrected chi connectivity index (χ0v) is 20.5. The Labute approximate surface area is 205 Å². The van der Waals surface area contributed by atoms with Gasteiger partial charge in [0.1, 0.15) is 18.2 Å². The molecule has 1 fully saturated rings. The molecule has 0 aromatic heterocycles. The summed E-state index contributed by atoms with van der Waals surface area (Å²) in [6, 6.07) is 3.05. The van der Waals surface area contributed by atoms with Gasteiger partial charge in [-0.1, -0.05) is 26.3 Å². The van der Waals surface area contributed by atoms with Gasteiger partial charge in [-0.2, -0.15) is 0 Å². The average Bonchev–Trinajstić information content (AvgIpc) is 2.83. The van der Waals surface area contributed by atoms with Crippen molar-refractivity contribution in [2.24, 2.45) is 5.73 Å². The number of benzene rings is 1. The molecule has 35 heavy (non-hydrogen) atoms. The van der Waals surface area contributed by atoms with Crippen LogP contribution in [0.15, 0.2) is 18.2 Å². The van der Waals surface area contributed by atoms with Crippen LogP contribution in [0.25, 0.3) is 0 Å². The van der Waals surface area contributed by atoms with E-state index in [2.05, 4.69) is 0 Å². The molecule has 1 aromatic rings.